The van der Waals surface area contributed by atoms with E-state index in [4.69, 9.17) is 16.3 Å². The van der Waals surface area contributed by atoms with Gasteiger partial charge in [0.15, 0.2) is 6.61 Å². The predicted molar refractivity (Wildman–Crippen MR) is 104 cm³/mol. The van der Waals surface area contributed by atoms with Gasteiger partial charge in [-0.05, 0) is 51.8 Å². The topological polar surface area (TPSA) is 67.4 Å². The van der Waals surface area contributed by atoms with E-state index >= 15 is 0 Å². The highest BCUT2D eigenvalue weighted by molar-refractivity contribution is 9.11. The van der Waals surface area contributed by atoms with Crippen molar-refractivity contribution in [2.24, 2.45) is 0 Å². The summed E-state index contributed by atoms with van der Waals surface area (Å²) in [5.74, 6) is -0.462. The molecule has 0 aromatic heterocycles. The molecule has 0 aliphatic heterocycles. The number of ether oxygens (including phenoxy) is 1. The highest BCUT2D eigenvalue weighted by atomic mass is 79.9. The average molecular weight is 489 g/mol. The molecule has 130 valence electrons. The van der Waals surface area contributed by atoms with Crippen molar-refractivity contribution in [2.75, 3.05) is 6.61 Å². The molecule has 2 N–H and O–H groups in total. The van der Waals surface area contributed by atoms with Crippen molar-refractivity contribution in [2.45, 2.75) is 0 Å². The molecule has 0 bridgehead atoms. The second-order valence-corrected chi connectivity index (χ2v) is 6.93. The van der Waals surface area contributed by atoms with Crippen molar-refractivity contribution < 1.29 is 14.3 Å². The molecule has 5 nitrogen and oxygen atoms in total. The lowest BCUT2D eigenvalue weighted by molar-refractivity contribution is -0.128. The first-order valence-corrected chi connectivity index (χ1v) is 9.01. The van der Waals surface area contributed by atoms with E-state index in [0.717, 1.165) is 4.47 Å². The fraction of sp³-hybridized carbons (Fsp3) is 0.0588. The number of rotatable bonds is 5. The zero-order valence-electron chi connectivity index (χ0n) is 12.8. The average Bonchev–Trinajstić information content (AvgIpc) is 2.58. The van der Waals surface area contributed by atoms with Gasteiger partial charge in [0.05, 0.1) is 4.47 Å². The molecule has 0 fully saturated rings. The number of amides is 2. The zero-order chi connectivity index (χ0) is 18.2. The number of nitrogens with one attached hydrogen (secondary N) is 2. The lowest BCUT2D eigenvalue weighted by Crippen LogP contribution is -2.43. The Balaban J connectivity index is 1.77. The molecular formula is C17H13Br2ClN2O3. The molecule has 0 atom stereocenters. The molecule has 0 heterocycles. The van der Waals surface area contributed by atoms with Crippen LogP contribution in [-0.4, -0.2) is 18.4 Å². The van der Waals surface area contributed by atoms with E-state index in [2.05, 4.69) is 42.7 Å². The number of halogens is 3. The van der Waals surface area contributed by atoms with Crippen LogP contribution in [0.15, 0.2) is 57.5 Å². The summed E-state index contributed by atoms with van der Waals surface area (Å²) in [6.07, 6.45) is 2.83. The first kappa shape index (κ1) is 19.5. The second kappa shape index (κ2) is 9.60. The molecule has 25 heavy (non-hydrogen) atoms. The number of carbonyl (C=O) groups is 2. The Bertz CT molecular complexity index is 812. The smallest absolute Gasteiger partial charge is 0.276 e. The lowest BCUT2D eigenvalue weighted by atomic mass is 10.2. The Morgan fingerprint density at radius 3 is 2.60 bits per heavy atom. The maximum absolute atomic E-state index is 11.7. The summed E-state index contributed by atoms with van der Waals surface area (Å²) in [4.78, 5) is 23.4. The van der Waals surface area contributed by atoms with Crippen LogP contribution in [0.1, 0.15) is 5.56 Å². The minimum Gasteiger partial charge on any atom is -0.483 e. The highest BCUT2D eigenvalue weighted by Crippen LogP contribution is 2.28. The standard InChI is InChI=1S/C17H13Br2ClN2O3/c18-12-6-7-15(13(19)9-12)25-10-17(24)22-21-16(23)8-5-11-3-1-2-4-14(11)20/h1-9H,10H2,(H,21,23)(H,22,24). The molecule has 0 unspecified atom stereocenters. The minimum atomic E-state index is -0.491. The maximum Gasteiger partial charge on any atom is 0.276 e. The summed E-state index contributed by atoms with van der Waals surface area (Å²) >= 11 is 12.6. The van der Waals surface area contributed by atoms with Crippen LogP contribution in [0.3, 0.4) is 0 Å². The predicted octanol–water partition coefficient (Wildman–Crippen LogP) is 4.10. The zero-order valence-corrected chi connectivity index (χ0v) is 16.7. The second-order valence-electron chi connectivity index (χ2n) is 4.76. The third-order valence-corrected chi connectivity index (χ3v) is 4.35. The molecule has 2 aromatic rings. The van der Waals surface area contributed by atoms with E-state index in [0.29, 0.717) is 20.8 Å². The molecule has 8 heteroatoms. The molecular weight excluding hydrogens is 475 g/mol. The largest absolute Gasteiger partial charge is 0.483 e. The van der Waals surface area contributed by atoms with Gasteiger partial charge >= 0.3 is 0 Å². The Morgan fingerprint density at radius 2 is 1.88 bits per heavy atom. The van der Waals surface area contributed by atoms with Gasteiger partial charge in [0.25, 0.3) is 11.8 Å². The highest BCUT2D eigenvalue weighted by Gasteiger charge is 2.07. The van der Waals surface area contributed by atoms with E-state index < -0.39 is 11.8 Å². The third-order valence-electron chi connectivity index (χ3n) is 2.90. The van der Waals surface area contributed by atoms with Crippen molar-refractivity contribution >= 4 is 61.4 Å². The van der Waals surface area contributed by atoms with E-state index in [1.807, 2.05) is 6.07 Å². The van der Waals surface area contributed by atoms with Crippen molar-refractivity contribution in [3.63, 3.8) is 0 Å². The van der Waals surface area contributed by atoms with Crippen molar-refractivity contribution in [1.82, 2.24) is 10.9 Å². The van der Waals surface area contributed by atoms with Gasteiger partial charge in [0, 0.05) is 15.6 Å². The number of hydrazine groups is 1. The fourth-order valence-corrected chi connectivity index (χ4v) is 3.08. The molecule has 0 radical (unpaired) electrons. The molecule has 0 saturated heterocycles. The Labute approximate surface area is 166 Å². The van der Waals surface area contributed by atoms with Crippen LogP contribution in [-0.2, 0) is 9.59 Å². The Morgan fingerprint density at radius 1 is 1.12 bits per heavy atom. The molecule has 0 saturated carbocycles. The quantitative estimate of drug-likeness (QED) is 0.492. The van der Waals surface area contributed by atoms with Gasteiger partial charge in [-0.15, -0.1) is 0 Å². The Hall–Kier alpha value is -1.83. The van der Waals surface area contributed by atoms with Crippen LogP contribution in [0.4, 0.5) is 0 Å². The first-order chi connectivity index (χ1) is 12.0. The molecule has 0 aliphatic rings. The normalized spacial score (nSPS) is 10.5. The molecule has 0 aliphatic carbocycles. The van der Waals surface area contributed by atoms with Crippen molar-refractivity contribution in [1.29, 1.82) is 0 Å². The van der Waals surface area contributed by atoms with Crippen LogP contribution in [0.2, 0.25) is 5.02 Å². The summed E-state index contributed by atoms with van der Waals surface area (Å²) in [6, 6.07) is 12.4. The monoisotopic (exact) mass is 486 g/mol. The van der Waals surface area contributed by atoms with Gasteiger partial charge in [-0.3, -0.25) is 20.4 Å². The number of carbonyl (C=O) groups excluding carboxylic acids is 2. The van der Waals surface area contributed by atoms with Crippen LogP contribution in [0.25, 0.3) is 6.08 Å². The summed E-state index contributed by atoms with van der Waals surface area (Å²) < 4.78 is 6.96. The lowest BCUT2D eigenvalue weighted by Gasteiger charge is -2.09. The van der Waals surface area contributed by atoms with Gasteiger partial charge in [0.1, 0.15) is 5.75 Å². The van der Waals surface area contributed by atoms with Gasteiger partial charge in [-0.25, -0.2) is 0 Å². The van der Waals surface area contributed by atoms with Gasteiger partial charge < -0.3 is 4.74 Å². The summed E-state index contributed by atoms with van der Waals surface area (Å²) in [7, 11) is 0. The number of hydrogen-bond acceptors (Lipinski definition) is 3. The van der Waals surface area contributed by atoms with Crippen molar-refractivity contribution in [3.8, 4) is 5.75 Å². The van der Waals surface area contributed by atoms with Crippen LogP contribution < -0.4 is 15.6 Å². The minimum absolute atomic E-state index is 0.241. The summed E-state index contributed by atoms with van der Waals surface area (Å²) in [5, 5.41) is 0.532. The van der Waals surface area contributed by atoms with E-state index in [1.165, 1.54) is 6.08 Å². The summed E-state index contributed by atoms with van der Waals surface area (Å²) in [5.41, 5.74) is 5.23. The Kier molecular flexibility index (Phi) is 7.49. The van der Waals surface area contributed by atoms with E-state index in [9.17, 15) is 9.59 Å². The van der Waals surface area contributed by atoms with Crippen LogP contribution in [0.5, 0.6) is 5.75 Å². The summed E-state index contributed by atoms with van der Waals surface area (Å²) in [6.45, 7) is -0.241. The maximum atomic E-state index is 11.7. The van der Waals surface area contributed by atoms with Crippen LogP contribution >= 0.6 is 43.5 Å². The third kappa shape index (κ3) is 6.53. The molecule has 2 aromatic carbocycles. The van der Waals surface area contributed by atoms with Gasteiger partial charge in [0.2, 0.25) is 0 Å². The molecule has 2 amide bonds. The molecule has 2 rings (SSSR count). The SMILES string of the molecule is O=C(C=Cc1ccccc1Cl)NNC(=O)COc1ccc(Br)cc1Br. The number of benzene rings is 2. The van der Waals surface area contributed by atoms with Gasteiger partial charge in [-0.2, -0.15) is 0 Å². The van der Waals surface area contributed by atoms with Crippen LogP contribution in [0, 0.1) is 0 Å². The van der Waals surface area contributed by atoms with E-state index in [-0.39, 0.29) is 6.61 Å². The van der Waals surface area contributed by atoms with Crippen molar-refractivity contribution in [3.05, 3.63) is 68.1 Å². The first-order valence-electron chi connectivity index (χ1n) is 7.05. The number of hydrogen-bond donors (Lipinski definition) is 2. The van der Waals surface area contributed by atoms with Gasteiger partial charge in [-0.1, -0.05) is 45.7 Å². The molecule has 0 spiro atoms. The van der Waals surface area contributed by atoms with E-state index in [1.54, 1.807) is 42.5 Å². The fourth-order valence-electron chi connectivity index (χ4n) is 1.72.